The number of benzene rings is 2. The van der Waals surface area contributed by atoms with Gasteiger partial charge in [0.1, 0.15) is 17.8 Å². The van der Waals surface area contributed by atoms with Gasteiger partial charge in [-0.3, -0.25) is 14.4 Å². The number of anilines is 1. The van der Waals surface area contributed by atoms with E-state index in [2.05, 4.69) is 33.9 Å². The zero-order valence-corrected chi connectivity index (χ0v) is 22.5. The van der Waals surface area contributed by atoms with Crippen LogP contribution in [0.2, 0.25) is 0 Å². The van der Waals surface area contributed by atoms with Gasteiger partial charge in [-0.15, -0.1) is 0 Å². The summed E-state index contributed by atoms with van der Waals surface area (Å²) in [6.07, 6.45) is 1.50. The highest BCUT2D eigenvalue weighted by molar-refractivity contribution is 6.00. The van der Waals surface area contributed by atoms with Crippen LogP contribution in [-0.2, 0) is 16.0 Å². The smallest absolute Gasteiger partial charge is 0.268 e. The number of likely N-dealkylation sites (tertiary alicyclic amines) is 1. The van der Waals surface area contributed by atoms with Gasteiger partial charge in [-0.1, -0.05) is 64.1 Å². The van der Waals surface area contributed by atoms with Crippen LogP contribution >= 0.6 is 0 Å². The second-order valence-electron chi connectivity index (χ2n) is 11.8. The Morgan fingerprint density at radius 1 is 1.08 bits per heavy atom. The molecule has 8 heteroatoms. The first-order chi connectivity index (χ1) is 18.1. The summed E-state index contributed by atoms with van der Waals surface area (Å²) in [5.74, 6) is -0.149. The summed E-state index contributed by atoms with van der Waals surface area (Å²) in [6, 6.07) is 16.4. The third-order valence-corrected chi connectivity index (χ3v) is 7.67. The van der Waals surface area contributed by atoms with Crippen molar-refractivity contribution in [3.8, 4) is 0 Å². The maximum absolute atomic E-state index is 13.5. The Kier molecular flexibility index (Phi) is 6.90. The summed E-state index contributed by atoms with van der Waals surface area (Å²) in [4.78, 5) is 45.0. The van der Waals surface area contributed by atoms with Crippen LogP contribution in [0.4, 0.5) is 5.69 Å². The third-order valence-electron chi connectivity index (χ3n) is 7.67. The molecular formula is C30H37N5O3. The molecule has 8 nitrogen and oxygen atoms in total. The van der Waals surface area contributed by atoms with Gasteiger partial charge in [0, 0.05) is 42.1 Å². The number of H-pyrrole nitrogens is 1. The normalized spacial score (nSPS) is 21.6. The predicted molar refractivity (Wildman–Crippen MR) is 149 cm³/mol. The number of hydrogen-bond acceptors (Lipinski definition) is 4. The molecule has 5 rings (SSSR count). The van der Waals surface area contributed by atoms with E-state index < -0.39 is 11.5 Å². The maximum atomic E-state index is 13.5. The lowest BCUT2D eigenvalue weighted by Gasteiger charge is -2.32. The zero-order chi connectivity index (χ0) is 27.0. The standard InChI is InChI=1S/C30H37N5O3/c1-18-13-21(35(17-18)29(38)25-15-20-10-6-8-12-23(20)33-25)16-31-28(37)26(30(2,3)4)34-27(36)24-14-19-9-5-7-11-22(19)32-24/h5-12,14,18,21,25-26,32-33H,13,15-17H2,1-4H3,(H,31,37)(H,34,36)/t18-,21-,25+,26+/m0/s1. The van der Waals surface area contributed by atoms with E-state index in [1.807, 2.05) is 68.1 Å². The number of para-hydroxylation sites is 2. The number of carbonyl (C=O) groups is 3. The Hall–Kier alpha value is -3.81. The Bertz CT molecular complexity index is 1300. The molecule has 0 unspecified atom stereocenters. The quantitative estimate of drug-likeness (QED) is 0.402. The predicted octanol–water partition coefficient (Wildman–Crippen LogP) is 3.70. The monoisotopic (exact) mass is 515 g/mol. The van der Waals surface area contributed by atoms with Gasteiger partial charge in [-0.2, -0.15) is 0 Å². The van der Waals surface area contributed by atoms with Gasteiger partial charge in [0.25, 0.3) is 5.91 Å². The lowest BCUT2D eigenvalue weighted by atomic mass is 9.86. The molecule has 0 aliphatic carbocycles. The van der Waals surface area contributed by atoms with E-state index in [1.54, 1.807) is 6.07 Å². The molecule has 1 saturated heterocycles. The molecule has 0 bridgehead atoms. The lowest BCUT2D eigenvalue weighted by Crippen LogP contribution is -2.56. The molecule has 1 aromatic heterocycles. The number of hydrogen-bond donors (Lipinski definition) is 4. The maximum Gasteiger partial charge on any atom is 0.268 e. The number of aromatic nitrogens is 1. The van der Waals surface area contributed by atoms with Crippen LogP contribution in [0, 0.1) is 11.3 Å². The number of carbonyl (C=O) groups excluding carboxylic acids is 3. The van der Waals surface area contributed by atoms with Crippen LogP contribution in [0.1, 0.15) is 50.2 Å². The summed E-state index contributed by atoms with van der Waals surface area (Å²) < 4.78 is 0. The molecule has 2 aromatic carbocycles. The molecule has 4 atom stereocenters. The van der Waals surface area contributed by atoms with Crippen molar-refractivity contribution in [3.05, 3.63) is 65.9 Å². The van der Waals surface area contributed by atoms with Crippen molar-refractivity contribution in [2.24, 2.45) is 11.3 Å². The minimum Gasteiger partial charge on any atom is -0.373 e. The van der Waals surface area contributed by atoms with E-state index in [-0.39, 0.29) is 29.8 Å². The summed E-state index contributed by atoms with van der Waals surface area (Å²) in [6.45, 7) is 8.95. The van der Waals surface area contributed by atoms with Gasteiger partial charge in [0.05, 0.1) is 0 Å². The van der Waals surface area contributed by atoms with Crippen molar-refractivity contribution in [1.82, 2.24) is 20.5 Å². The summed E-state index contributed by atoms with van der Waals surface area (Å²) in [5, 5.41) is 10.3. The fraction of sp³-hybridized carbons (Fsp3) is 0.433. The lowest BCUT2D eigenvalue weighted by molar-refractivity contribution is -0.133. The van der Waals surface area contributed by atoms with Crippen LogP contribution in [0.15, 0.2) is 54.6 Å². The molecule has 2 aliphatic heterocycles. The first-order valence-electron chi connectivity index (χ1n) is 13.4. The molecule has 38 heavy (non-hydrogen) atoms. The highest BCUT2D eigenvalue weighted by Gasteiger charge is 2.39. The fourth-order valence-corrected chi connectivity index (χ4v) is 5.66. The topological polar surface area (TPSA) is 106 Å². The Balaban J connectivity index is 1.23. The summed E-state index contributed by atoms with van der Waals surface area (Å²) in [5.41, 5.74) is 2.95. The van der Waals surface area contributed by atoms with Gasteiger partial charge < -0.3 is 25.8 Å². The molecule has 0 saturated carbocycles. The van der Waals surface area contributed by atoms with E-state index in [9.17, 15) is 14.4 Å². The average molecular weight is 516 g/mol. The van der Waals surface area contributed by atoms with Crippen LogP contribution in [0.3, 0.4) is 0 Å². The number of rotatable bonds is 6. The minimum absolute atomic E-state index is 0.0734. The molecule has 0 radical (unpaired) electrons. The second kappa shape index (κ2) is 10.2. The van der Waals surface area contributed by atoms with Gasteiger partial charge in [0.2, 0.25) is 11.8 Å². The Morgan fingerprint density at radius 3 is 2.55 bits per heavy atom. The highest BCUT2D eigenvalue weighted by Crippen LogP contribution is 2.30. The molecule has 2 aliphatic rings. The van der Waals surface area contributed by atoms with Gasteiger partial charge >= 0.3 is 0 Å². The van der Waals surface area contributed by atoms with Crippen LogP contribution in [0.5, 0.6) is 0 Å². The highest BCUT2D eigenvalue weighted by atomic mass is 16.2. The molecule has 4 N–H and O–H groups in total. The minimum atomic E-state index is -0.740. The molecule has 3 amide bonds. The van der Waals surface area contributed by atoms with Crippen molar-refractivity contribution in [1.29, 1.82) is 0 Å². The first kappa shape index (κ1) is 25.8. The second-order valence-corrected chi connectivity index (χ2v) is 11.8. The molecule has 200 valence electrons. The number of amides is 3. The van der Waals surface area contributed by atoms with E-state index in [1.165, 1.54) is 0 Å². The number of nitrogens with one attached hydrogen (secondary N) is 4. The van der Waals surface area contributed by atoms with Gasteiger partial charge in [-0.25, -0.2) is 0 Å². The van der Waals surface area contributed by atoms with Crippen molar-refractivity contribution >= 4 is 34.3 Å². The number of nitrogens with zero attached hydrogens (tertiary/aromatic N) is 1. The summed E-state index contributed by atoms with van der Waals surface area (Å²) in [7, 11) is 0. The zero-order valence-electron chi connectivity index (χ0n) is 22.5. The number of fused-ring (bicyclic) bond motifs is 2. The van der Waals surface area contributed by atoms with Crippen LogP contribution < -0.4 is 16.0 Å². The van der Waals surface area contributed by atoms with Gasteiger partial charge in [-0.05, 0) is 41.5 Å². The number of aromatic amines is 1. The van der Waals surface area contributed by atoms with E-state index in [0.717, 1.165) is 28.6 Å². The molecule has 3 aromatic rings. The van der Waals surface area contributed by atoms with E-state index in [4.69, 9.17) is 0 Å². The first-order valence-corrected chi connectivity index (χ1v) is 13.4. The molecular weight excluding hydrogens is 478 g/mol. The Morgan fingerprint density at radius 2 is 1.82 bits per heavy atom. The summed E-state index contributed by atoms with van der Waals surface area (Å²) >= 11 is 0. The van der Waals surface area contributed by atoms with Crippen molar-refractivity contribution in [3.63, 3.8) is 0 Å². The van der Waals surface area contributed by atoms with Crippen LogP contribution in [-0.4, -0.2) is 58.8 Å². The molecule has 0 spiro atoms. The molecule has 1 fully saturated rings. The van der Waals surface area contributed by atoms with Gasteiger partial charge in [0.15, 0.2) is 0 Å². The van der Waals surface area contributed by atoms with Crippen LogP contribution in [0.25, 0.3) is 10.9 Å². The SMILES string of the molecule is C[C@H]1C[C@@H](CNC(=O)[C@@H](NC(=O)c2cc3ccccc3[nH]2)C(C)(C)C)N(C(=O)[C@H]2Cc3ccccc3N2)C1. The molecule has 3 heterocycles. The van der Waals surface area contributed by atoms with E-state index in [0.29, 0.717) is 31.1 Å². The average Bonchev–Trinajstić information content (AvgIpc) is 3.60. The van der Waals surface area contributed by atoms with Crippen molar-refractivity contribution in [2.45, 2.75) is 58.7 Å². The van der Waals surface area contributed by atoms with E-state index >= 15 is 0 Å². The van der Waals surface area contributed by atoms with Crippen molar-refractivity contribution < 1.29 is 14.4 Å². The Labute approximate surface area is 223 Å². The third kappa shape index (κ3) is 5.26. The van der Waals surface area contributed by atoms with Crippen molar-refractivity contribution in [2.75, 3.05) is 18.4 Å². The largest absolute Gasteiger partial charge is 0.373 e. The fourth-order valence-electron chi connectivity index (χ4n) is 5.66.